The van der Waals surface area contributed by atoms with Crippen LogP contribution in [0.2, 0.25) is 0 Å². The zero-order valence-electron chi connectivity index (χ0n) is 16.5. The molecule has 10 heteroatoms. The Bertz CT molecular complexity index is 857. The van der Waals surface area contributed by atoms with Crippen molar-refractivity contribution in [2.24, 2.45) is 0 Å². The first-order chi connectivity index (χ1) is 13.8. The van der Waals surface area contributed by atoms with Gasteiger partial charge in [-0.25, -0.2) is 4.79 Å². The average Bonchev–Trinajstić information content (AvgIpc) is 2.91. The van der Waals surface area contributed by atoms with Gasteiger partial charge in [-0.3, -0.25) is 19.3 Å². The number of carbonyl (C=O) groups excluding carboxylic acids is 4. The van der Waals surface area contributed by atoms with Gasteiger partial charge in [-0.1, -0.05) is 6.07 Å². The number of hydrogen-bond acceptors (Lipinski definition) is 6. The van der Waals surface area contributed by atoms with Gasteiger partial charge in [0.25, 0.3) is 5.91 Å². The van der Waals surface area contributed by atoms with Crippen molar-refractivity contribution in [1.82, 2.24) is 20.9 Å². The molecule has 156 valence electrons. The van der Waals surface area contributed by atoms with Crippen molar-refractivity contribution in [3.05, 3.63) is 23.8 Å². The van der Waals surface area contributed by atoms with E-state index < -0.39 is 36.0 Å². The van der Waals surface area contributed by atoms with Gasteiger partial charge in [0.05, 0.1) is 0 Å². The number of ether oxygens (including phenoxy) is 2. The van der Waals surface area contributed by atoms with Crippen molar-refractivity contribution < 1.29 is 28.7 Å². The summed E-state index contributed by atoms with van der Waals surface area (Å²) >= 11 is 0. The first-order valence-electron chi connectivity index (χ1n) is 9.37. The number of amides is 5. The average molecular weight is 404 g/mol. The Balaban J connectivity index is 1.72. The summed E-state index contributed by atoms with van der Waals surface area (Å²) in [5, 5.41) is 7.70. The molecule has 0 aliphatic carbocycles. The Morgan fingerprint density at radius 2 is 1.93 bits per heavy atom. The van der Waals surface area contributed by atoms with Crippen LogP contribution in [0, 0.1) is 0 Å². The number of benzene rings is 1. The lowest BCUT2D eigenvalue weighted by atomic mass is 9.91. The van der Waals surface area contributed by atoms with E-state index >= 15 is 0 Å². The molecule has 2 aliphatic heterocycles. The summed E-state index contributed by atoms with van der Waals surface area (Å²) in [6, 6.07) is 3.53. The number of fused-ring (bicyclic) bond motifs is 1. The molecule has 29 heavy (non-hydrogen) atoms. The smallest absolute Gasteiger partial charge is 0.325 e. The molecule has 0 spiro atoms. The SMILES string of the molecule is CCNC(=O)[C@@H](C)NC(=O)CN1C(=O)N[C@](C)(c2ccc3c(c2)OCCO3)C1=O. The molecule has 0 radical (unpaired) electrons. The summed E-state index contributed by atoms with van der Waals surface area (Å²) in [5.41, 5.74) is -0.836. The van der Waals surface area contributed by atoms with Gasteiger partial charge in [0.1, 0.15) is 31.3 Å². The van der Waals surface area contributed by atoms with E-state index in [-0.39, 0.29) is 5.91 Å². The minimum absolute atomic E-state index is 0.348. The van der Waals surface area contributed by atoms with Crippen LogP contribution in [0.25, 0.3) is 0 Å². The summed E-state index contributed by atoms with van der Waals surface area (Å²) in [6.07, 6.45) is 0. The van der Waals surface area contributed by atoms with E-state index in [9.17, 15) is 19.2 Å². The quantitative estimate of drug-likeness (QED) is 0.567. The number of nitrogens with one attached hydrogen (secondary N) is 3. The van der Waals surface area contributed by atoms with Gasteiger partial charge in [-0.05, 0) is 38.5 Å². The van der Waals surface area contributed by atoms with E-state index in [1.807, 2.05) is 0 Å². The number of nitrogens with zero attached hydrogens (tertiary/aromatic N) is 1. The number of hydrogen-bond donors (Lipinski definition) is 3. The van der Waals surface area contributed by atoms with Crippen LogP contribution in [0.15, 0.2) is 18.2 Å². The molecule has 1 aromatic carbocycles. The number of likely N-dealkylation sites (N-methyl/N-ethyl adjacent to an activating group) is 1. The number of rotatable bonds is 6. The molecular formula is C19H24N4O6. The lowest BCUT2D eigenvalue weighted by molar-refractivity contribution is -0.135. The second-order valence-corrected chi connectivity index (χ2v) is 6.99. The van der Waals surface area contributed by atoms with Gasteiger partial charge < -0.3 is 25.4 Å². The minimum Gasteiger partial charge on any atom is -0.486 e. The van der Waals surface area contributed by atoms with Gasteiger partial charge >= 0.3 is 6.03 Å². The Morgan fingerprint density at radius 1 is 1.24 bits per heavy atom. The summed E-state index contributed by atoms with van der Waals surface area (Å²) in [6.45, 7) is 5.62. The summed E-state index contributed by atoms with van der Waals surface area (Å²) in [5.74, 6) is -0.474. The van der Waals surface area contributed by atoms with Gasteiger partial charge in [0.15, 0.2) is 11.5 Å². The third-order valence-corrected chi connectivity index (χ3v) is 4.82. The highest BCUT2D eigenvalue weighted by Crippen LogP contribution is 2.36. The Kier molecular flexibility index (Phi) is 5.62. The topological polar surface area (TPSA) is 126 Å². The fourth-order valence-electron chi connectivity index (χ4n) is 3.21. The molecule has 3 N–H and O–H groups in total. The van der Waals surface area contributed by atoms with E-state index in [2.05, 4.69) is 16.0 Å². The zero-order valence-corrected chi connectivity index (χ0v) is 16.5. The fourth-order valence-corrected chi connectivity index (χ4v) is 3.21. The Hall–Kier alpha value is -3.30. The van der Waals surface area contributed by atoms with Gasteiger partial charge in [0, 0.05) is 6.54 Å². The first kappa shape index (κ1) is 20.4. The van der Waals surface area contributed by atoms with E-state index in [1.54, 1.807) is 32.0 Å². The maximum absolute atomic E-state index is 13.0. The summed E-state index contributed by atoms with van der Waals surface area (Å²) < 4.78 is 11.0. The largest absolute Gasteiger partial charge is 0.486 e. The van der Waals surface area contributed by atoms with Crippen LogP contribution in [0.1, 0.15) is 26.3 Å². The van der Waals surface area contributed by atoms with E-state index in [0.29, 0.717) is 36.8 Å². The second-order valence-electron chi connectivity index (χ2n) is 6.99. The molecule has 2 atom stereocenters. The standard InChI is InChI=1S/C19H24N4O6/c1-4-20-16(25)11(2)21-15(24)10-23-17(26)19(3,22-18(23)27)12-5-6-13-14(9-12)29-8-7-28-13/h5-6,9,11H,4,7-8,10H2,1-3H3,(H,20,25)(H,21,24)(H,22,27)/t11-,19-/m1/s1. The highest BCUT2D eigenvalue weighted by atomic mass is 16.6. The monoisotopic (exact) mass is 404 g/mol. The third-order valence-electron chi connectivity index (χ3n) is 4.82. The lowest BCUT2D eigenvalue weighted by Crippen LogP contribution is -2.49. The molecule has 0 unspecified atom stereocenters. The van der Waals surface area contributed by atoms with E-state index in [0.717, 1.165) is 4.90 Å². The molecule has 10 nitrogen and oxygen atoms in total. The molecule has 2 aliphatic rings. The minimum atomic E-state index is -1.35. The van der Waals surface area contributed by atoms with E-state index in [4.69, 9.17) is 9.47 Å². The molecule has 0 bridgehead atoms. The molecule has 3 rings (SSSR count). The summed E-state index contributed by atoms with van der Waals surface area (Å²) in [7, 11) is 0. The molecule has 1 fully saturated rings. The lowest BCUT2D eigenvalue weighted by Gasteiger charge is -2.25. The highest BCUT2D eigenvalue weighted by Gasteiger charge is 2.49. The number of imide groups is 1. The van der Waals surface area contributed by atoms with Crippen LogP contribution in [0.4, 0.5) is 4.79 Å². The zero-order chi connectivity index (χ0) is 21.2. The summed E-state index contributed by atoms with van der Waals surface area (Å²) in [4.78, 5) is 50.2. The number of urea groups is 1. The van der Waals surface area contributed by atoms with Gasteiger partial charge in [-0.2, -0.15) is 0 Å². The van der Waals surface area contributed by atoms with Crippen LogP contribution in [-0.2, 0) is 19.9 Å². The first-order valence-corrected chi connectivity index (χ1v) is 9.37. The fraction of sp³-hybridized carbons (Fsp3) is 0.474. The van der Waals surface area contributed by atoms with Crippen molar-refractivity contribution in [3.8, 4) is 11.5 Å². The van der Waals surface area contributed by atoms with Crippen LogP contribution in [0.3, 0.4) is 0 Å². The second kappa shape index (κ2) is 7.98. The van der Waals surface area contributed by atoms with Gasteiger partial charge in [0.2, 0.25) is 11.8 Å². The van der Waals surface area contributed by atoms with Crippen molar-refractivity contribution in [1.29, 1.82) is 0 Å². The van der Waals surface area contributed by atoms with E-state index in [1.165, 1.54) is 6.92 Å². The predicted molar refractivity (Wildman–Crippen MR) is 101 cm³/mol. The maximum atomic E-state index is 13.0. The number of carbonyl (C=O) groups is 4. The molecule has 5 amide bonds. The molecule has 1 saturated heterocycles. The molecule has 1 aromatic rings. The molecule has 0 aromatic heterocycles. The van der Waals surface area contributed by atoms with Crippen molar-refractivity contribution in [3.63, 3.8) is 0 Å². The van der Waals surface area contributed by atoms with Gasteiger partial charge in [-0.15, -0.1) is 0 Å². The van der Waals surface area contributed by atoms with Crippen LogP contribution in [-0.4, -0.2) is 61.0 Å². The predicted octanol–water partition coefficient (Wildman–Crippen LogP) is -0.134. The third kappa shape index (κ3) is 3.96. The van der Waals surface area contributed by atoms with Crippen LogP contribution in [0.5, 0.6) is 11.5 Å². The Morgan fingerprint density at radius 3 is 2.62 bits per heavy atom. The van der Waals surface area contributed by atoms with Crippen molar-refractivity contribution in [2.45, 2.75) is 32.4 Å². The van der Waals surface area contributed by atoms with Crippen molar-refractivity contribution in [2.75, 3.05) is 26.3 Å². The maximum Gasteiger partial charge on any atom is 0.325 e. The molecule has 2 heterocycles. The van der Waals surface area contributed by atoms with Crippen LogP contribution < -0.4 is 25.4 Å². The molecule has 0 saturated carbocycles. The normalized spacial score (nSPS) is 21.4. The van der Waals surface area contributed by atoms with Crippen molar-refractivity contribution >= 4 is 23.8 Å². The Labute approximate surface area is 167 Å². The highest BCUT2D eigenvalue weighted by molar-refractivity contribution is 6.09. The molecular weight excluding hydrogens is 380 g/mol. The van der Waals surface area contributed by atoms with Crippen LogP contribution >= 0.6 is 0 Å².